The van der Waals surface area contributed by atoms with Gasteiger partial charge in [0.15, 0.2) is 0 Å². The van der Waals surface area contributed by atoms with Gasteiger partial charge in [0, 0.05) is 36.6 Å². The molecular weight excluding hydrogens is 313 g/mol. The highest BCUT2D eigenvalue weighted by atomic mass is 19.1. The van der Waals surface area contributed by atoms with Crippen molar-refractivity contribution in [3.05, 3.63) is 39.9 Å². The molecule has 0 amide bonds. The third-order valence-electron chi connectivity index (χ3n) is 4.90. The number of carboxylic acids is 1. The van der Waals surface area contributed by atoms with E-state index in [1.807, 2.05) is 9.47 Å². The Hall–Kier alpha value is -2.41. The van der Waals surface area contributed by atoms with Gasteiger partial charge in [0.1, 0.15) is 11.4 Å². The van der Waals surface area contributed by atoms with Crippen LogP contribution in [0.1, 0.15) is 29.2 Å². The number of hydrogen-bond donors (Lipinski definition) is 2. The minimum atomic E-state index is -1.28. The molecule has 1 aromatic heterocycles. The van der Waals surface area contributed by atoms with Crippen LogP contribution in [-0.2, 0) is 0 Å². The predicted molar refractivity (Wildman–Crippen MR) is 88.2 cm³/mol. The van der Waals surface area contributed by atoms with E-state index >= 15 is 0 Å². The molecule has 1 aromatic carbocycles. The van der Waals surface area contributed by atoms with E-state index in [0.29, 0.717) is 36.8 Å². The van der Waals surface area contributed by atoms with E-state index in [1.54, 1.807) is 6.07 Å². The highest BCUT2D eigenvalue weighted by Crippen LogP contribution is 2.38. The summed E-state index contributed by atoms with van der Waals surface area (Å²) < 4.78 is 16.3. The van der Waals surface area contributed by atoms with Gasteiger partial charge in [0.2, 0.25) is 5.43 Å². The number of carboxylic acid groups (broad SMARTS) is 1. The van der Waals surface area contributed by atoms with E-state index in [2.05, 4.69) is 0 Å². The standard InChI is InChI=1S/C17H18FN3O3/c18-13-3-11-14(4-15(13)20-6-9(5-19)7-20)21(10-1-2-10)8-12(16(11)22)17(23)24/h3-4,8-10H,1-2,5-7,19H2,(H,23,24). The summed E-state index contributed by atoms with van der Waals surface area (Å²) in [6, 6.07) is 3.02. The minimum absolute atomic E-state index is 0.124. The van der Waals surface area contributed by atoms with E-state index in [4.69, 9.17) is 5.73 Å². The number of anilines is 1. The summed E-state index contributed by atoms with van der Waals surface area (Å²) in [6.45, 7) is 1.96. The number of pyridine rings is 1. The Balaban J connectivity index is 1.90. The monoisotopic (exact) mass is 331 g/mol. The van der Waals surface area contributed by atoms with Gasteiger partial charge in [0.05, 0.1) is 11.2 Å². The van der Waals surface area contributed by atoms with Crippen molar-refractivity contribution in [2.75, 3.05) is 24.5 Å². The Bertz CT molecular complexity index is 898. The van der Waals surface area contributed by atoms with Crippen LogP contribution in [0.3, 0.4) is 0 Å². The molecule has 1 saturated heterocycles. The summed E-state index contributed by atoms with van der Waals surface area (Å²) in [5.41, 5.74) is 5.72. The molecule has 0 bridgehead atoms. The highest BCUT2D eigenvalue weighted by molar-refractivity contribution is 5.93. The van der Waals surface area contributed by atoms with Crippen LogP contribution in [0.5, 0.6) is 0 Å². The molecule has 0 atom stereocenters. The Labute approximate surface area is 137 Å². The van der Waals surface area contributed by atoms with Gasteiger partial charge in [-0.1, -0.05) is 0 Å². The van der Waals surface area contributed by atoms with Crippen molar-refractivity contribution in [1.82, 2.24) is 4.57 Å². The fraction of sp³-hybridized carbons (Fsp3) is 0.412. The van der Waals surface area contributed by atoms with Crippen LogP contribution in [-0.4, -0.2) is 35.3 Å². The lowest BCUT2D eigenvalue weighted by atomic mass is 9.99. The molecule has 1 aliphatic carbocycles. The Kier molecular flexibility index (Phi) is 3.35. The van der Waals surface area contributed by atoms with Crippen molar-refractivity contribution < 1.29 is 14.3 Å². The van der Waals surface area contributed by atoms with E-state index in [1.165, 1.54) is 12.3 Å². The molecule has 2 aromatic rings. The fourth-order valence-corrected chi connectivity index (χ4v) is 3.32. The molecule has 126 valence electrons. The van der Waals surface area contributed by atoms with Crippen molar-refractivity contribution in [3.8, 4) is 0 Å². The Morgan fingerprint density at radius 3 is 2.62 bits per heavy atom. The predicted octanol–water partition coefficient (Wildman–Crippen LogP) is 1.57. The maximum absolute atomic E-state index is 14.5. The quantitative estimate of drug-likeness (QED) is 0.888. The van der Waals surface area contributed by atoms with Gasteiger partial charge in [0.25, 0.3) is 0 Å². The Morgan fingerprint density at radius 1 is 1.33 bits per heavy atom. The molecule has 1 aliphatic heterocycles. The topological polar surface area (TPSA) is 88.6 Å². The molecule has 1 saturated carbocycles. The van der Waals surface area contributed by atoms with Crippen molar-refractivity contribution in [3.63, 3.8) is 0 Å². The molecular formula is C17H18FN3O3. The fourth-order valence-electron chi connectivity index (χ4n) is 3.32. The number of rotatable bonds is 4. The molecule has 2 fully saturated rings. The number of hydrogen-bond acceptors (Lipinski definition) is 4. The van der Waals surface area contributed by atoms with Crippen LogP contribution in [0.4, 0.5) is 10.1 Å². The molecule has 6 nitrogen and oxygen atoms in total. The largest absolute Gasteiger partial charge is 0.477 e. The van der Waals surface area contributed by atoms with Gasteiger partial charge < -0.3 is 20.3 Å². The number of nitrogens with two attached hydrogens (primary N) is 1. The SMILES string of the molecule is NCC1CN(c2cc3c(cc2F)c(=O)c(C(=O)O)cn3C2CC2)C1. The Morgan fingerprint density at radius 2 is 2.04 bits per heavy atom. The van der Waals surface area contributed by atoms with E-state index in [0.717, 1.165) is 12.8 Å². The van der Waals surface area contributed by atoms with Crippen molar-refractivity contribution in [1.29, 1.82) is 0 Å². The smallest absolute Gasteiger partial charge is 0.341 e. The van der Waals surface area contributed by atoms with Crippen molar-refractivity contribution in [2.24, 2.45) is 11.7 Å². The summed E-state index contributed by atoms with van der Waals surface area (Å²) >= 11 is 0. The number of carbonyl (C=O) groups is 1. The second-order valence-corrected chi connectivity index (χ2v) is 6.64. The van der Waals surface area contributed by atoms with Gasteiger partial charge >= 0.3 is 5.97 Å². The zero-order valence-corrected chi connectivity index (χ0v) is 13.0. The molecule has 7 heteroatoms. The van der Waals surface area contributed by atoms with Crippen LogP contribution >= 0.6 is 0 Å². The second-order valence-electron chi connectivity index (χ2n) is 6.64. The number of halogens is 1. The summed E-state index contributed by atoms with van der Waals surface area (Å²) in [4.78, 5) is 25.6. The minimum Gasteiger partial charge on any atom is -0.477 e. The lowest BCUT2D eigenvalue weighted by Crippen LogP contribution is -2.50. The summed E-state index contributed by atoms with van der Waals surface area (Å²) in [5.74, 6) is -1.42. The first-order valence-corrected chi connectivity index (χ1v) is 8.06. The molecule has 0 unspecified atom stereocenters. The number of fused-ring (bicyclic) bond motifs is 1. The number of aromatic carboxylic acids is 1. The lowest BCUT2D eigenvalue weighted by Gasteiger charge is -2.40. The van der Waals surface area contributed by atoms with Crippen LogP contribution < -0.4 is 16.1 Å². The third kappa shape index (κ3) is 2.27. The maximum atomic E-state index is 14.5. The molecule has 2 heterocycles. The summed E-state index contributed by atoms with van der Waals surface area (Å²) in [6.07, 6.45) is 3.26. The summed E-state index contributed by atoms with van der Waals surface area (Å²) in [7, 11) is 0. The molecule has 0 radical (unpaired) electrons. The summed E-state index contributed by atoms with van der Waals surface area (Å²) in [5, 5.41) is 9.36. The van der Waals surface area contributed by atoms with E-state index in [9.17, 15) is 19.1 Å². The average Bonchev–Trinajstić information content (AvgIpc) is 3.32. The maximum Gasteiger partial charge on any atom is 0.341 e. The number of aromatic nitrogens is 1. The third-order valence-corrected chi connectivity index (χ3v) is 4.90. The van der Waals surface area contributed by atoms with E-state index < -0.39 is 17.2 Å². The first kappa shape index (κ1) is 15.1. The van der Waals surface area contributed by atoms with Crippen molar-refractivity contribution in [2.45, 2.75) is 18.9 Å². The number of benzene rings is 1. The van der Waals surface area contributed by atoms with Crippen LogP contribution in [0.15, 0.2) is 23.1 Å². The average molecular weight is 331 g/mol. The molecule has 3 N–H and O–H groups in total. The molecule has 2 aliphatic rings. The van der Waals surface area contributed by atoms with E-state index in [-0.39, 0.29) is 17.0 Å². The number of nitrogens with zero attached hydrogens (tertiary/aromatic N) is 2. The van der Waals surface area contributed by atoms with Gasteiger partial charge in [-0.25, -0.2) is 9.18 Å². The zero-order chi connectivity index (χ0) is 17.0. The van der Waals surface area contributed by atoms with Crippen LogP contribution in [0.2, 0.25) is 0 Å². The first-order chi connectivity index (χ1) is 11.5. The van der Waals surface area contributed by atoms with Crippen molar-refractivity contribution >= 4 is 22.6 Å². The van der Waals surface area contributed by atoms with Crippen LogP contribution in [0.25, 0.3) is 10.9 Å². The van der Waals surface area contributed by atoms with Gasteiger partial charge in [-0.3, -0.25) is 4.79 Å². The molecule has 24 heavy (non-hydrogen) atoms. The molecule has 0 spiro atoms. The van der Waals surface area contributed by atoms with Crippen LogP contribution in [0, 0.1) is 11.7 Å². The lowest BCUT2D eigenvalue weighted by molar-refractivity contribution is 0.0695. The second kappa shape index (κ2) is 5.31. The normalized spacial score (nSPS) is 18.0. The highest BCUT2D eigenvalue weighted by Gasteiger charge is 2.30. The zero-order valence-electron chi connectivity index (χ0n) is 13.0. The van der Waals surface area contributed by atoms with Gasteiger partial charge in [-0.15, -0.1) is 0 Å². The first-order valence-electron chi connectivity index (χ1n) is 8.06. The molecule has 4 rings (SSSR count). The van der Waals surface area contributed by atoms with Gasteiger partial charge in [-0.2, -0.15) is 0 Å². The van der Waals surface area contributed by atoms with Gasteiger partial charge in [-0.05, 0) is 31.5 Å².